The summed E-state index contributed by atoms with van der Waals surface area (Å²) < 4.78 is 0. The van der Waals surface area contributed by atoms with Gasteiger partial charge in [0.15, 0.2) is 0 Å². The Labute approximate surface area is 55.3 Å². The van der Waals surface area contributed by atoms with Gasteiger partial charge in [0, 0.05) is 5.88 Å². The Balaban J connectivity index is 0. The molecule has 0 amide bonds. The second-order valence-corrected chi connectivity index (χ2v) is 1.66. The van der Waals surface area contributed by atoms with Gasteiger partial charge in [-0.15, -0.1) is 18.2 Å². The van der Waals surface area contributed by atoms with Crippen LogP contribution in [0.4, 0.5) is 0 Å². The summed E-state index contributed by atoms with van der Waals surface area (Å²) in [5, 5.41) is 0. The van der Waals surface area contributed by atoms with E-state index in [1.54, 1.807) is 6.08 Å². The molecular formula is C6H11ClO. The van der Waals surface area contributed by atoms with Crippen LogP contribution in [-0.4, -0.2) is 11.7 Å². The van der Waals surface area contributed by atoms with E-state index in [1.807, 2.05) is 0 Å². The average molecular weight is 135 g/mol. The molecule has 0 heterocycles. The van der Waals surface area contributed by atoms with Crippen LogP contribution < -0.4 is 0 Å². The van der Waals surface area contributed by atoms with Crippen molar-refractivity contribution in [3.05, 3.63) is 12.7 Å². The lowest BCUT2D eigenvalue weighted by Crippen LogP contribution is -1.69. The van der Waals surface area contributed by atoms with Crippen LogP contribution in [0.5, 0.6) is 0 Å². The highest BCUT2D eigenvalue weighted by Gasteiger charge is 1.62. The maximum Gasteiger partial charge on any atom is 0.126 e. The molecule has 0 aromatic rings. The van der Waals surface area contributed by atoms with Gasteiger partial charge in [0.1, 0.15) is 5.78 Å². The Kier molecular flexibility index (Phi) is 13.1. The predicted octanol–water partition coefficient (Wildman–Crippen LogP) is 2.01. The lowest BCUT2D eigenvalue weighted by molar-refractivity contribution is -0.114. The summed E-state index contributed by atoms with van der Waals surface area (Å²) in [6.07, 6.45) is 1.64. The summed E-state index contributed by atoms with van der Waals surface area (Å²) in [5.41, 5.74) is 0. The molecule has 0 fully saturated rings. The maximum absolute atomic E-state index is 9.44. The maximum atomic E-state index is 9.44. The quantitative estimate of drug-likeness (QED) is 0.396. The largest absolute Gasteiger partial charge is 0.300 e. The molecule has 1 nitrogen and oxygen atoms in total. The van der Waals surface area contributed by atoms with Gasteiger partial charge in [0.05, 0.1) is 0 Å². The van der Waals surface area contributed by atoms with Crippen LogP contribution in [0.25, 0.3) is 0 Å². The van der Waals surface area contributed by atoms with Gasteiger partial charge in [-0.3, -0.25) is 0 Å². The van der Waals surface area contributed by atoms with E-state index in [2.05, 4.69) is 6.58 Å². The van der Waals surface area contributed by atoms with Crippen molar-refractivity contribution >= 4 is 17.4 Å². The predicted molar refractivity (Wildman–Crippen MR) is 37.3 cm³/mol. The van der Waals surface area contributed by atoms with Gasteiger partial charge in [-0.25, -0.2) is 0 Å². The highest BCUT2D eigenvalue weighted by atomic mass is 35.5. The molecule has 48 valence electrons. The van der Waals surface area contributed by atoms with Crippen LogP contribution in [0.3, 0.4) is 0 Å². The number of halogens is 1. The van der Waals surface area contributed by atoms with Gasteiger partial charge < -0.3 is 4.79 Å². The molecule has 0 aliphatic rings. The molecule has 0 N–H and O–H groups in total. The van der Waals surface area contributed by atoms with Crippen molar-refractivity contribution in [2.45, 2.75) is 13.8 Å². The van der Waals surface area contributed by atoms with E-state index < -0.39 is 0 Å². The van der Waals surface area contributed by atoms with E-state index in [1.165, 1.54) is 13.8 Å². The van der Waals surface area contributed by atoms with E-state index >= 15 is 0 Å². The van der Waals surface area contributed by atoms with Gasteiger partial charge in [0.25, 0.3) is 0 Å². The number of hydrogen-bond donors (Lipinski definition) is 0. The molecule has 0 saturated carbocycles. The standard InChI is InChI=1S/C3H5Cl.C3H6O/c1-2-3-4;1-3(2)4/h2H,1,3H2;1-2H3. The van der Waals surface area contributed by atoms with Crippen molar-refractivity contribution in [1.29, 1.82) is 0 Å². The van der Waals surface area contributed by atoms with E-state index in [0.717, 1.165) is 0 Å². The van der Waals surface area contributed by atoms with E-state index in [9.17, 15) is 4.79 Å². The van der Waals surface area contributed by atoms with Crippen molar-refractivity contribution in [2.24, 2.45) is 0 Å². The summed E-state index contributed by atoms with van der Waals surface area (Å²) >= 11 is 5.07. The Morgan fingerprint density at radius 2 is 1.88 bits per heavy atom. The van der Waals surface area contributed by atoms with Crippen molar-refractivity contribution in [3.8, 4) is 0 Å². The van der Waals surface area contributed by atoms with E-state index in [0.29, 0.717) is 5.88 Å². The van der Waals surface area contributed by atoms with Crippen LogP contribution in [0.2, 0.25) is 0 Å². The molecular weight excluding hydrogens is 124 g/mol. The second-order valence-electron chi connectivity index (χ2n) is 1.35. The fourth-order valence-electron chi connectivity index (χ4n) is 0. The third-order valence-corrected chi connectivity index (χ3v) is 0.327. The summed E-state index contributed by atoms with van der Waals surface area (Å²) in [4.78, 5) is 9.44. The van der Waals surface area contributed by atoms with Crippen molar-refractivity contribution in [3.63, 3.8) is 0 Å². The van der Waals surface area contributed by atoms with E-state index in [-0.39, 0.29) is 5.78 Å². The molecule has 0 atom stereocenters. The minimum absolute atomic E-state index is 0.167. The van der Waals surface area contributed by atoms with Crippen LogP contribution in [-0.2, 0) is 4.79 Å². The zero-order chi connectivity index (χ0) is 6.99. The number of alkyl halides is 1. The first-order chi connectivity index (χ1) is 3.65. The molecule has 0 aromatic carbocycles. The lowest BCUT2D eigenvalue weighted by atomic mass is 10.6. The monoisotopic (exact) mass is 134 g/mol. The van der Waals surface area contributed by atoms with Crippen molar-refractivity contribution < 1.29 is 4.79 Å². The average Bonchev–Trinajstić information content (AvgIpc) is 1.65. The summed E-state index contributed by atoms with van der Waals surface area (Å²) in [5.74, 6) is 0.722. The molecule has 0 unspecified atom stereocenters. The Bertz CT molecular complexity index is 64.9. The minimum atomic E-state index is 0.167. The fraction of sp³-hybridized carbons (Fsp3) is 0.500. The van der Waals surface area contributed by atoms with E-state index in [4.69, 9.17) is 11.6 Å². The first kappa shape index (κ1) is 10.6. The highest BCUT2D eigenvalue weighted by Crippen LogP contribution is 1.67. The minimum Gasteiger partial charge on any atom is -0.300 e. The second kappa shape index (κ2) is 9.85. The van der Waals surface area contributed by atoms with Crippen LogP contribution in [0.1, 0.15) is 13.8 Å². The van der Waals surface area contributed by atoms with Crippen LogP contribution in [0, 0.1) is 0 Å². The van der Waals surface area contributed by atoms with Gasteiger partial charge in [-0.2, -0.15) is 0 Å². The van der Waals surface area contributed by atoms with Crippen LogP contribution in [0.15, 0.2) is 12.7 Å². The Hall–Kier alpha value is -0.300. The fourth-order valence-corrected chi connectivity index (χ4v) is 0. The van der Waals surface area contributed by atoms with Gasteiger partial charge in [0.2, 0.25) is 0 Å². The number of Topliss-reactive ketones (excluding diaryl/α,β-unsaturated/α-hetero) is 1. The van der Waals surface area contributed by atoms with Crippen molar-refractivity contribution in [2.75, 3.05) is 5.88 Å². The Morgan fingerprint density at radius 1 is 1.75 bits per heavy atom. The first-order valence-electron chi connectivity index (χ1n) is 2.29. The number of hydrogen-bond acceptors (Lipinski definition) is 1. The molecule has 0 radical (unpaired) electrons. The van der Waals surface area contributed by atoms with Gasteiger partial charge in [-0.05, 0) is 13.8 Å². The summed E-state index contributed by atoms with van der Waals surface area (Å²) in [6, 6.07) is 0. The zero-order valence-corrected chi connectivity index (χ0v) is 6.03. The normalized spacial score (nSPS) is 6.38. The third-order valence-electron chi connectivity index (χ3n) is 0.109. The number of carbonyl (C=O) groups is 1. The molecule has 0 rings (SSSR count). The third kappa shape index (κ3) is 257. The molecule has 0 aliphatic heterocycles. The lowest BCUT2D eigenvalue weighted by Gasteiger charge is -1.56. The zero-order valence-electron chi connectivity index (χ0n) is 5.28. The van der Waals surface area contributed by atoms with Gasteiger partial charge in [-0.1, -0.05) is 6.08 Å². The van der Waals surface area contributed by atoms with Crippen molar-refractivity contribution in [1.82, 2.24) is 0 Å². The summed E-state index contributed by atoms with van der Waals surface area (Å²) in [7, 11) is 0. The number of rotatable bonds is 1. The van der Waals surface area contributed by atoms with Gasteiger partial charge >= 0.3 is 0 Å². The molecule has 0 aromatic heterocycles. The Morgan fingerprint density at radius 3 is 1.88 bits per heavy atom. The summed E-state index contributed by atoms with van der Waals surface area (Å²) in [6.45, 7) is 6.40. The van der Waals surface area contributed by atoms with Crippen LogP contribution >= 0.6 is 11.6 Å². The molecule has 0 spiro atoms. The smallest absolute Gasteiger partial charge is 0.126 e. The number of ketones is 1. The first-order valence-corrected chi connectivity index (χ1v) is 2.82. The molecule has 0 saturated heterocycles. The molecule has 8 heavy (non-hydrogen) atoms. The molecule has 2 heteroatoms. The molecule has 0 bridgehead atoms. The number of allylic oxidation sites excluding steroid dienone is 1. The SMILES string of the molecule is C=CCCl.CC(C)=O. The highest BCUT2D eigenvalue weighted by molar-refractivity contribution is 6.18. The topological polar surface area (TPSA) is 17.1 Å². The number of carbonyl (C=O) groups excluding carboxylic acids is 1. The molecule has 0 aliphatic carbocycles.